The molecule has 2 rings (SSSR count). The molecule has 5 heteroatoms. The largest absolute Gasteiger partial charge is 0.496 e. The van der Waals surface area contributed by atoms with Gasteiger partial charge in [0.2, 0.25) is 5.91 Å². The number of methoxy groups -OCH3 is 1. The van der Waals surface area contributed by atoms with Crippen LogP contribution in [0.2, 0.25) is 0 Å². The molecule has 0 aromatic heterocycles. The Balaban J connectivity index is 2.00. The van der Waals surface area contributed by atoms with Gasteiger partial charge < -0.3 is 19.7 Å². The van der Waals surface area contributed by atoms with Crippen molar-refractivity contribution in [1.82, 2.24) is 10.2 Å². The van der Waals surface area contributed by atoms with Crippen LogP contribution in [-0.4, -0.2) is 50.3 Å². The topological polar surface area (TPSA) is 50.8 Å². The highest BCUT2D eigenvalue weighted by molar-refractivity contribution is 5.82. The Morgan fingerprint density at radius 2 is 2.00 bits per heavy atom. The van der Waals surface area contributed by atoms with E-state index in [2.05, 4.69) is 19.2 Å². The zero-order valence-corrected chi connectivity index (χ0v) is 13.7. The molecule has 1 fully saturated rings. The second-order valence-corrected chi connectivity index (χ2v) is 5.85. The van der Waals surface area contributed by atoms with Crippen LogP contribution in [0.25, 0.3) is 0 Å². The van der Waals surface area contributed by atoms with Crippen molar-refractivity contribution >= 4 is 5.91 Å². The highest BCUT2D eigenvalue weighted by atomic mass is 16.5. The van der Waals surface area contributed by atoms with E-state index in [1.807, 2.05) is 29.2 Å². The summed E-state index contributed by atoms with van der Waals surface area (Å²) >= 11 is 0. The molecule has 1 atom stereocenters. The molecule has 0 radical (unpaired) electrons. The molecule has 0 saturated carbocycles. The first-order valence-corrected chi connectivity index (χ1v) is 7.85. The second-order valence-electron chi connectivity index (χ2n) is 5.85. The molecule has 0 aliphatic carbocycles. The predicted molar refractivity (Wildman–Crippen MR) is 85.9 cm³/mol. The molecule has 22 heavy (non-hydrogen) atoms. The first kappa shape index (κ1) is 16.8. The number of hydrogen-bond acceptors (Lipinski definition) is 4. The zero-order chi connectivity index (χ0) is 15.9. The lowest BCUT2D eigenvalue weighted by Gasteiger charge is -2.32. The molecular formula is C17H26N2O3. The van der Waals surface area contributed by atoms with Crippen LogP contribution in [0.3, 0.4) is 0 Å². The number of rotatable bonds is 6. The van der Waals surface area contributed by atoms with E-state index in [1.54, 1.807) is 7.11 Å². The number of morpholine rings is 1. The van der Waals surface area contributed by atoms with E-state index in [9.17, 15) is 4.79 Å². The van der Waals surface area contributed by atoms with Crippen LogP contribution in [0, 0.1) is 5.92 Å². The van der Waals surface area contributed by atoms with Gasteiger partial charge in [-0.25, -0.2) is 0 Å². The Hall–Kier alpha value is -1.59. The van der Waals surface area contributed by atoms with Crippen molar-refractivity contribution in [2.45, 2.75) is 26.4 Å². The van der Waals surface area contributed by atoms with E-state index in [0.29, 0.717) is 32.8 Å². The maximum atomic E-state index is 12.7. The molecule has 1 aliphatic rings. The standard InChI is InChI=1S/C17H26N2O3/c1-13(2)16(17(20)19-8-10-22-11-9-19)18-12-14-6-4-5-7-15(14)21-3/h4-7,13,16,18H,8-12H2,1-3H3/t16-/m0/s1. The van der Waals surface area contributed by atoms with Crippen molar-refractivity contribution in [3.8, 4) is 5.75 Å². The zero-order valence-electron chi connectivity index (χ0n) is 13.7. The van der Waals surface area contributed by atoms with E-state index >= 15 is 0 Å². The smallest absolute Gasteiger partial charge is 0.240 e. The van der Waals surface area contributed by atoms with Crippen LogP contribution in [0.4, 0.5) is 0 Å². The minimum absolute atomic E-state index is 0.160. The normalized spacial score (nSPS) is 16.6. The molecule has 1 amide bonds. The van der Waals surface area contributed by atoms with Gasteiger partial charge in [-0.2, -0.15) is 0 Å². The third kappa shape index (κ3) is 4.21. The van der Waals surface area contributed by atoms with Crippen LogP contribution in [0.5, 0.6) is 5.75 Å². The van der Waals surface area contributed by atoms with Crippen LogP contribution in [-0.2, 0) is 16.1 Å². The van der Waals surface area contributed by atoms with Crippen molar-refractivity contribution in [2.75, 3.05) is 33.4 Å². The van der Waals surface area contributed by atoms with Crippen LogP contribution in [0.1, 0.15) is 19.4 Å². The minimum Gasteiger partial charge on any atom is -0.496 e. The Kier molecular flexibility index (Phi) is 6.21. The quantitative estimate of drug-likeness (QED) is 0.868. The van der Waals surface area contributed by atoms with Crippen LogP contribution < -0.4 is 10.1 Å². The molecule has 1 aromatic carbocycles. The number of nitrogens with zero attached hydrogens (tertiary/aromatic N) is 1. The maximum absolute atomic E-state index is 12.7. The SMILES string of the molecule is COc1ccccc1CN[C@H](C(=O)N1CCOCC1)C(C)C. The molecule has 0 bridgehead atoms. The fourth-order valence-corrected chi connectivity index (χ4v) is 2.66. The number of para-hydroxylation sites is 1. The van der Waals surface area contributed by atoms with Gasteiger partial charge in [0.15, 0.2) is 0 Å². The molecule has 5 nitrogen and oxygen atoms in total. The summed E-state index contributed by atoms with van der Waals surface area (Å²) in [4.78, 5) is 14.6. The third-order valence-corrected chi connectivity index (χ3v) is 3.96. The number of amides is 1. The Morgan fingerprint density at radius 1 is 1.32 bits per heavy atom. The molecular weight excluding hydrogens is 280 g/mol. The van der Waals surface area contributed by atoms with Gasteiger partial charge in [0, 0.05) is 25.2 Å². The molecule has 1 aliphatic heterocycles. The fraction of sp³-hybridized carbons (Fsp3) is 0.588. The minimum atomic E-state index is -0.192. The predicted octanol–water partition coefficient (Wildman–Crippen LogP) is 1.67. The van der Waals surface area contributed by atoms with Gasteiger partial charge in [0.1, 0.15) is 5.75 Å². The molecule has 1 N–H and O–H groups in total. The number of nitrogens with one attached hydrogen (secondary N) is 1. The summed E-state index contributed by atoms with van der Waals surface area (Å²) in [6, 6.07) is 7.69. The Morgan fingerprint density at radius 3 is 2.64 bits per heavy atom. The van der Waals surface area contributed by atoms with Crippen molar-refractivity contribution in [3.05, 3.63) is 29.8 Å². The first-order chi connectivity index (χ1) is 10.6. The molecule has 1 saturated heterocycles. The number of ether oxygens (including phenoxy) is 2. The Labute approximate surface area is 132 Å². The van der Waals surface area contributed by atoms with Crippen molar-refractivity contribution < 1.29 is 14.3 Å². The molecule has 1 aromatic rings. The monoisotopic (exact) mass is 306 g/mol. The summed E-state index contributed by atoms with van der Waals surface area (Å²) in [5.41, 5.74) is 1.06. The Bertz CT molecular complexity index is 485. The number of benzene rings is 1. The third-order valence-electron chi connectivity index (χ3n) is 3.96. The molecule has 0 spiro atoms. The van der Waals surface area contributed by atoms with E-state index < -0.39 is 0 Å². The van der Waals surface area contributed by atoms with Crippen molar-refractivity contribution in [3.63, 3.8) is 0 Å². The summed E-state index contributed by atoms with van der Waals surface area (Å²) in [6.07, 6.45) is 0. The van der Waals surface area contributed by atoms with Gasteiger partial charge in [-0.15, -0.1) is 0 Å². The van der Waals surface area contributed by atoms with Gasteiger partial charge in [-0.05, 0) is 12.0 Å². The summed E-state index contributed by atoms with van der Waals surface area (Å²) < 4.78 is 10.7. The average Bonchev–Trinajstić information content (AvgIpc) is 2.55. The summed E-state index contributed by atoms with van der Waals surface area (Å²) in [7, 11) is 1.66. The van der Waals surface area contributed by atoms with Crippen LogP contribution >= 0.6 is 0 Å². The van der Waals surface area contributed by atoms with Crippen molar-refractivity contribution in [1.29, 1.82) is 0 Å². The van der Waals surface area contributed by atoms with Gasteiger partial charge in [0.25, 0.3) is 0 Å². The molecule has 122 valence electrons. The average molecular weight is 306 g/mol. The maximum Gasteiger partial charge on any atom is 0.240 e. The van der Waals surface area contributed by atoms with Gasteiger partial charge in [-0.1, -0.05) is 32.0 Å². The summed E-state index contributed by atoms with van der Waals surface area (Å²) in [6.45, 7) is 7.36. The van der Waals surface area contributed by atoms with Gasteiger partial charge in [-0.3, -0.25) is 4.79 Å². The second kappa shape index (κ2) is 8.15. The lowest BCUT2D eigenvalue weighted by atomic mass is 10.0. The highest BCUT2D eigenvalue weighted by Crippen LogP contribution is 2.18. The lowest BCUT2D eigenvalue weighted by molar-refractivity contribution is -0.138. The first-order valence-electron chi connectivity index (χ1n) is 7.85. The highest BCUT2D eigenvalue weighted by Gasteiger charge is 2.27. The fourth-order valence-electron chi connectivity index (χ4n) is 2.66. The van der Waals surface area contributed by atoms with Crippen molar-refractivity contribution in [2.24, 2.45) is 5.92 Å². The molecule has 0 unspecified atom stereocenters. The van der Waals surface area contributed by atoms with Crippen LogP contribution in [0.15, 0.2) is 24.3 Å². The van der Waals surface area contributed by atoms with E-state index in [-0.39, 0.29) is 17.9 Å². The molecule has 1 heterocycles. The lowest BCUT2D eigenvalue weighted by Crippen LogP contribution is -2.52. The number of carbonyl (C=O) groups excluding carboxylic acids is 1. The van der Waals surface area contributed by atoms with Gasteiger partial charge in [0.05, 0.1) is 26.4 Å². The van der Waals surface area contributed by atoms with Gasteiger partial charge >= 0.3 is 0 Å². The van der Waals surface area contributed by atoms with E-state index in [0.717, 1.165) is 11.3 Å². The summed E-state index contributed by atoms with van der Waals surface area (Å²) in [5, 5.41) is 3.40. The van der Waals surface area contributed by atoms with E-state index in [1.165, 1.54) is 0 Å². The number of hydrogen-bond donors (Lipinski definition) is 1. The summed E-state index contributed by atoms with van der Waals surface area (Å²) in [5.74, 6) is 1.23. The number of carbonyl (C=O) groups is 1. The van der Waals surface area contributed by atoms with E-state index in [4.69, 9.17) is 9.47 Å².